The van der Waals surface area contributed by atoms with E-state index in [-0.39, 0.29) is 29.3 Å². The van der Waals surface area contributed by atoms with Gasteiger partial charge in [0.2, 0.25) is 15.9 Å². The smallest absolute Gasteiger partial charge is 0.245 e. The fourth-order valence-electron chi connectivity index (χ4n) is 2.97. The summed E-state index contributed by atoms with van der Waals surface area (Å²) < 4.78 is 35.8. The first-order valence-corrected chi connectivity index (χ1v) is 10.6. The third kappa shape index (κ3) is 3.68. The van der Waals surface area contributed by atoms with Crippen molar-refractivity contribution in [3.8, 4) is 0 Å². The molecule has 1 aromatic carbocycles. The molecule has 1 aliphatic rings. The number of rotatable bonds is 5. The summed E-state index contributed by atoms with van der Waals surface area (Å²) in [5, 5.41) is 2.96. The maximum absolute atomic E-state index is 13.1. The van der Waals surface area contributed by atoms with Crippen molar-refractivity contribution in [2.75, 3.05) is 13.1 Å². The van der Waals surface area contributed by atoms with Crippen LogP contribution in [0.4, 0.5) is 0 Å². The Labute approximate surface area is 151 Å². The average molecular weight is 383 g/mol. The highest BCUT2D eigenvalue weighted by molar-refractivity contribution is 7.89. The molecule has 1 N–H and O–H groups in total. The SMILES string of the molecule is CC[C@@H](C)NC(=O)[C@H]1CCCN(S(=O)(=O)c2cccc3nsnc23)C1. The molecule has 2 aromatic rings. The van der Waals surface area contributed by atoms with E-state index in [1.807, 2.05) is 13.8 Å². The van der Waals surface area contributed by atoms with Gasteiger partial charge in [0.25, 0.3) is 0 Å². The van der Waals surface area contributed by atoms with Gasteiger partial charge in [0.1, 0.15) is 15.9 Å². The van der Waals surface area contributed by atoms with Gasteiger partial charge in [-0.15, -0.1) is 0 Å². The molecule has 0 radical (unpaired) electrons. The second-order valence-corrected chi connectivity index (χ2v) is 8.84. The van der Waals surface area contributed by atoms with Crippen LogP contribution in [0.3, 0.4) is 0 Å². The quantitative estimate of drug-likeness (QED) is 0.854. The van der Waals surface area contributed by atoms with Crippen LogP contribution in [0.25, 0.3) is 11.0 Å². The molecule has 2 heterocycles. The number of hydrogen-bond donors (Lipinski definition) is 1. The highest BCUT2D eigenvalue weighted by atomic mass is 32.2. The standard InChI is InChI=1S/C16H22N4O3S2/c1-3-11(2)17-16(21)12-6-5-9-20(10-12)25(22,23)14-8-4-7-13-15(14)19-24-18-13/h4,7-8,11-12H,3,5-6,9-10H2,1-2H3,(H,17,21)/t11-,12+/m1/s1. The molecule has 1 aliphatic heterocycles. The fourth-order valence-corrected chi connectivity index (χ4v) is 5.24. The maximum Gasteiger partial charge on any atom is 0.245 e. The third-order valence-corrected chi connectivity index (χ3v) is 7.06. The Hall–Kier alpha value is -1.58. The summed E-state index contributed by atoms with van der Waals surface area (Å²) in [5.74, 6) is -0.381. The molecule has 7 nitrogen and oxygen atoms in total. The van der Waals surface area contributed by atoms with Gasteiger partial charge in [0.15, 0.2) is 0 Å². The lowest BCUT2D eigenvalue weighted by Gasteiger charge is -2.31. The molecule has 0 saturated carbocycles. The van der Waals surface area contributed by atoms with Crippen molar-refractivity contribution < 1.29 is 13.2 Å². The Morgan fingerprint density at radius 1 is 1.44 bits per heavy atom. The minimum atomic E-state index is -3.70. The summed E-state index contributed by atoms with van der Waals surface area (Å²) in [6, 6.07) is 5.07. The van der Waals surface area contributed by atoms with Gasteiger partial charge in [-0.05, 0) is 38.3 Å². The lowest BCUT2D eigenvalue weighted by molar-refractivity contribution is -0.126. The van der Waals surface area contributed by atoms with Crippen molar-refractivity contribution >= 4 is 38.7 Å². The van der Waals surface area contributed by atoms with E-state index in [0.29, 0.717) is 30.4 Å². The van der Waals surface area contributed by atoms with Crippen LogP contribution in [0.15, 0.2) is 23.1 Å². The number of amides is 1. The molecule has 25 heavy (non-hydrogen) atoms. The predicted molar refractivity (Wildman–Crippen MR) is 96.8 cm³/mol. The van der Waals surface area contributed by atoms with Gasteiger partial charge in [0, 0.05) is 19.1 Å². The van der Waals surface area contributed by atoms with Crippen molar-refractivity contribution in [2.45, 2.75) is 44.0 Å². The first-order valence-electron chi connectivity index (χ1n) is 8.45. The van der Waals surface area contributed by atoms with Gasteiger partial charge in [-0.25, -0.2) is 8.42 Å². The molecule has 9 heteroatoms. The zero-order valence-electron chi connectivity index (χ0n) is 14.3. The van der Waals surface area contributed by atoms with Gasteiger partial charge >= 0.3 is 0 Å². The van der Waals surface area contributed by atoms with Crippen molar-refractivity contribution in [1.82, 2.24) is 18.4 Å². The third-order valence-electron chi connectivity index (χ3n) is 4.62. The van der Waals surface area contributed by atoms with Crippen molar-refractivity contribution in [1.29, 1.82) is 0 Å². The summed E-state index contributed by atoms with van der Waals surface area (Å²) in [5.41, 5.74) is 0.979. The topological polar surface area (TPSA) is 92.3 Å². The fraction of sp³-hybridized carbons (Fsp3) is 0.562. The number of piperidine rings is 1. The Balaban J connectivity index is 1.83. The number of carbonyl (C=O) groups excluding carboxylic acids is 1. The molecule has 2 atom stereocenters. The summed E-state index contributed by atoms with van der Waals surface area (Å²) in [6.07, 6.45) is 2.22. The van der Waals surface area contributed by atoms with Gasteiger partial charge in [-0.1, -0.05) is 13.0 Å². The first-order chi connectivity index (χ1) is 11.9. The normalized spacial score (nSPS) is 20.5. The molecule has 1 saturated heterocycles. The van der Waals surface area contributed by atoms with E-state index in [4.69, 9.17) is 0 Å². The Bertz CT molecular complexity index is 865. The van der Waals surface area contributed by atoms with E-state index >= 15 is 0 Å². The number of aromatic nitrogens is 2. The van der Waals surface area contributed by atoms with E-state index in [1.165, 1.54) is 4.31 Å². The monoisotopic (exact) mass is 382 g/mol. The summed E-state index contributed by atoms with van der Waals surface area (Å²) in [4.78, 5) is 12.6. The van der Waals surface area contributed by atoms with Crippen LogP contribution in [0.1, 0.15) is 33.1 Å². The summed E-state index contributed by atoms with van der Waals surface area (Å²) >= 11 is 0.997. The summed E-state index contributed by atoms with van der Waals surface area (Å²) in [6.45, 7) is 4.58. The van der Waals surface area contributed by atoms with Crippen LogP contribution in [0.5, 0.6) is 0 Å². The maximum atomic E-state index is 13.1. The minimum Gasteiger partial charge on any atom is -0.353 e. The highest BCUT2D eigenvalue weighted by Gasteiger charge is 2.34. The van der Waals surface area contributed by atoms with Gasteiger partial charge in [-0.3, -0.25) is 4.79 Å². The van der Waals surface area contributed by atoms with Gasteiger partial charge in [-0.2, -0.15) is 13.1 Å². The Morgan fingerprint density at radius 3 is 3.00 bits per heavy atom. The van der Waals surface area contributed by atoms with Crippen molar-refractivity contribution in [3.05, 3.63) is 18.2 Å². The van der Waals surface area contributed by atoms with E-state index in [0.717, 1.165) is 18.1 Å². The number of hydrogen-bond acceptors (Lipinski definition) is 6. The number of carbonyl (C=O) groups is 1. The molecule has 136 valence electrons. The average Bonchev–Trinajstić information content (AvgIpc) is 3.10. The van der Waals surface area contributed by atoms with Crippen LogP contribution in [-0.2, 0) is 14.8 Å². The number of sulfonamides is 1. The lowest BCUT2D eigenvalue weighted by Crippen LogP contribution is -2.47. The molecular weight excluding hydrogens is 360 g/mol. The Kier molecular flexibility index (Phi) is 5.35. The highest BCUT2D eigenvalue weighted by Crippen LogP contribution is 2.28. The van der Waals surface area contributed by atoms with Gasteiger partial charge in [0.05, 0.1) is 17.6 Å². The lowest BCUT2D eigenvalue weighted by atomic mass is 9.98. The van der Waals surface area contributed by atoms with Gasteiger partial charge < -0.3 is 5.32 Å². The van der Waals surface area contributed by atoms with E-state index < -0.39 is 10.0 Å². The predicted octanol–water partition coefficient (Wildman–Crippen LogP) is 2.01. The van der Waals surface area contributed by atoms with Crippen LogP contribution < -0.4 is 5.32 Å². The largest absolute Gasteiger partial charge is 0.353 e. The zero-order valence-corrected chi connectivity index (χ0v) is 15.9. The number of fused-ring (bicyclic) bond motifs is 1. The number of nitrogens with zero attached hydrogens (tertiary/aromatic N) is 3. The van der Waals surface area contributed by atoms with Crippen molar-refractivity contribution in [2.24, 2.45) is 5.92 Å². The summed E-state index contributed by atoms with van der Waals surface area (Å²) in [7, 11) is -3.70. The molecule has 0 aliphatic carbocycles. The molecule has 3 rings (SSSR count). The van der Waals surface area contributed by atoms with Crippen molar-refractivity contribution in [3.63, 3.8) is 0 Å². The second-order valence-electron chi connectivity index (χ2n) is 6.41. The second kappa shape index (κ2) is 7.35. The molecule has 0 unspecified atom stereocenters. The number of benzene rings is 1. The Morgan fingerprint density at radius 2 is 2.24 bits per heavy atom. The van der Waals surface area contributed by atoms with E-state index in [9.17, 15) is 13.2 Å². The molecule has 0 spiro atoms. The zero-order chi connectivity index (χ0) is 18.0. The van der Waals surface area contributed by atoms with Crippen LogP contribution in [-0.4, -0.2) is 46.5 Å². The molecule has 1 aromatic heterocycles. The molecule has 0 bridgehead atoms. The molecule has 1 fully saturated rings. The molecular formula is C16H22N4O3S2. The minimum absolute atomic E-state index is 0.0669. The van der Waals surface area contributed by atoms with Crippen LogP contribution >= 0.6 is 11.7 Å². The van der Waals surface area contributed by atoms with E-state index in [1.54, 1.807) is 18.2 Å². The molecule has 1 amide bonds. The first kappa shape index (κ1) is 18.2. The van der Waals surface area contributed by atoms with Crippen LogP contribution in [0.2, 0.25) is 0 Å². The van der Waals surface area contributed by atoms with E-state index in [2.05, 4.69) is 14.1 Å². The van der Waals surface area contributed by atoms with Crippen LogP contribution in [0, 0.1) is 5.92 Å². The number of nitrogens with one attached hydrogen (secondary N) is 1.